The summed E-state index contributed by atoms with van der Waals surface area (Å²) in [5.41, 5.74) is 3.30. The number of carbonyl (C=O) groups excluding carboxylic acids is 1. The highest BCUT2D eigenvalue weighted by molar-refractivity contribution is 5.82. The molecule has 2 saturated carbocycles. The smallest absolute Gasteiger partial charge is 0.137 e. The molecule has 0 spiro atoms. The Morgan fingerprint density at radius 2 is 1.91 bits per heavy atom. The zero-order valence-corrected chi connectivity index (χ0v) is 14.3. The Labute approximate surface area is 134 Å². The van der Waals surface area contributed by atoms with Crippen LogP contribution in [-0.2, 0) is 4.79 Å². The van der Waals surface area contributed by atoms with E-state index in [4.69, 9.17) is 0 Å². The fourth-order valence-corrected chi connectivity index (χ4v) is 6.96. The molecule has 2 fully saturated rings. The lowest BCUT2D eigenvalue weighted by atomic mass is 9.49. The van der Waals surface area contributed by atoms with Gasteiger partial charge in [0.2, 0.25) is 0 Å². The molecule has 22 heavy (non-hydrogen) atoms. The minimum Gasteiger partial charge on any atom is -0.393 e. The Hall–Kier alpha value is -0.630. The number of carbonyl (C=O) groups is 1. The first kappa shape index (κ1) is 14.9. The topological polar surface area (TPSA) is 37.3 Å². The number of fused-ring (bicyclic) bond motifs is 4. The van der Waals surface area contributed by atoms with Gasteiger partial charge in [0.15, 0.2) is 0 Å². The molecule has 0 radical (unpaired) electrons. The second-order valence-corrected chi connectivity index (χ2v) is 9.02. The third kappa shape index (κ3) is 1.92. The van der Waals surface area contributed by atoms with Gasteiger partial charge in [-0.25, -0.2) is 0 Å². The largest absolute Gasteiger partial charge is 0.393 e. The lowest BCUT2D eigenvalue weighted by Gasteiger charge is -2.56. The predicted molar refractivity (Wildman–Crippen MR) is 87.3 cm³/mol. The van der Waals surface area contributed by atoms with Crippen molar-refractivity contribution in [3.05, 3.63) is 11.1 Å². The summed E-state index contributed by atoms with van der Waals surface area (Å²) in [4.78, 5) is 11.9. The standard InChI is InChI=1S/C20H30O2/c1-11-8-13-9-14(21)4-5-15(13)18-12(2)10-20(3)16(19(11)18)6-7-17(20)22/h11-12,16-19,22H,4-10H2,1-3H3/t11-,12+,16?,17?,18?,19?,20+/m1/s1. The van der Waals surface area contributed by atoms with Gasteiger partial charge in [-0.15, -0.1) is 0 Å². The molecule has 0 aliphatic heterocycles. The van der Waals surface area contributed by atoms with Crippen molar-refractivity contribution in [1.82, 2.24) is 0 Å². The number of allylic oxidation sites excluding steroid dienone is 2. The van der Waals surface area contributed by atoms with Gasteiger partial charge in [-0.05, 0) is 67.1 Å². The molecule has 1 N–H and O–H groups in total. The molecule has 4 aliphatic carbocycles. The van der Waals surface area contributed by atoms with Gasteiger partial charge in [-0.1, -0.05) is 31.9 Å². The maximum atomic E-state index is 11.9. The molecule has 7 atom stereocenters. The van der Waals surface area contributed by atoms with Crippen molar-refractivity contribution in [2.75, 3.05) is 0 Å². The summed E-state index contributed by atoms with van der Waals surface area (Å²) in [5, 5.41) is 10.6. The molecular weight excluding hydrogens is 272 g/mol. The molecule has 2 heteroatoms. The Bertz CT molecular complexity index is 534. The van der Waals surface area contributed by atoms with Crippen molar-refractivity contribution in [2.45, 2.75) is 71.8 Å². The summed E-state index contributed by atoms with van der Waals surface area (Å²) in [6, 6.07) is 0. The zero-order valence-electron chi connectivity index (χ0n) is 14.3. The molecule has 0 bridgehead atoms. The number of aliphatic hydroxyl groups excluding tert-OH is 1. The number of aliphatic hydroxyl groups is 1. The molecule has 122 valence electrons. The van der Waals surface area contributed by atoms with E-state index in [1.165, 1.54) is 12.0 Å². The van der Waals surface area contributed by atoms with Crippen LogP contribution in [0.1, 0.15) is 65.7 Å². The Morgan fingerprint density at radius 1 is 1.14 bits per heavy atom. The van der Waals surface area contributed by atoms with Crippen LogP contribution in [0.5, 0.6) is 0 Å². The van der Waals surface area contributed by atoms with Crippen LogP contribution in [0.15, 0.2) is 11.1 Å². The predicted octanol–water partition coefficient (Wildman–Crippen LogP) is 4.13. The fourth-order valence-electron chi connectivity index (χ4n) is 6.96. The normalized spacial score (nSPS) is 51.4. The monoisotopic (exact) mass is 302 g/mol. The SMILES string of the molecule is C[C@@H]1CC2=C(CCC(=O)C2)C2C1C1CCC(O)[C@@]1(C)C[C@@H]2C. The number of ketones is 1. The van der Waals surface area contributed by atoms with E-state index in [2.05, 4.69) is 20.8 Å². The van der Waals surface area contributed by atoms with E-state index in [0.29, 0.717) is 29.5 Å². The Morgan fingerprint density at radius 3 is 2.68 bits per heavy atom. The van der Waals surface area contributed by atoms with Crippen molar-refractivity contribution >= 4 is 5.78 Å². The average Bonchev–Trinajstić information content (AvgIpc) is 2.74. The van der Waals surface area contributed by atoms with Crippen molar-refractivity contribution in [3.63, 3.8) is 0 Å². The number of hydrogen-bond donors (Lipinski definition) is 1. The first-order chi connectivity index (χ1) is 10.4. The second kappa shape index (κ2) is 4.93. The van der Waals surface area contributed by atoms with Crippen LogP contribution in [0, 0.1) is 35.0 Å². The van der Waals surface area contributed by atoms with Gasteiger partial charge in [0.1, 0.15) is 5.78 Å². The van der Waals surface area contributed by atoms with Gasteiger partial charge >= 0.3 is 0 Å². The van der Waals surface area contributed by atoms with E-state index in [1.807, 2.05) is 0 Å². The van der Waals surface area contributed by atoms with Crippen LogP contribution in [0.4, 0.5) is 0 Å². The first-order valence-corrected chi connectivity index (χ1v) is 9.32. The third-order valence-corrected chi connectivity index (χ3v) is 7.78. The molecule has 0 aromatic carbocycles. The molecule has 0 heterocycles. The van der Waals surface area contributed by atoms with Crippen LogP contribution in [0.25, 0.3) is 0 Å². The average molecular weight is 302 g/mol. The molecule has 4 rings (SSSR count). The van der Waals surface area contributed by atoms with E-state index < -0.39 is 0 Å². The van der Waals surface area contributed by atoms with Crippen molar-refractivity contribution in [1.29, 1.82) is 0 Å². The van der Waals surface area contributed by atoms with Crippen molar-refractivity contribution < 1.29 is 9.90 Å². The Balaban J connectivity index is 1.75. The molecule has 0 amide bonds. The van der Waals surface area contributed by atoms with Crippen LogP contribution < -0.4 is 0 Å². The minimum absolute atomic E-state index is 0.101. The summed E-state index contributed by atoms with van der Waals surface area (Å²) in [5.74, 6) is 3.89. The van der Waals surface area contributed by atoms with Gasteiger partial charge in [-0.3, -0.25) is 4.79 Å². The molecule has 0 saturated heterocycles. The second-order valence-electron chi connectivity index (χ2n) is 9.02. The number of Topliss-reactive ketones (excluding diaryl/α,β-unsaturated/α-hetero) is 1. The maximum absolute atomic E-state index is 11.9. The summed E-state index contributed by atoms with van der Waals surface area (Å²) < 4.78 is 0. The van der Waals surface area contributed by atoms with Gasteiger partial charge in [0.25, 0.3) is 0 Å². The summed E-state index contributed by atoms with van der Waals surface area (Å²) >= 11 is 0. The third-order valence-electron chi connectivity index (χ3n) is 7.78. The highest BCUT2D eigenvalue weighted by Crippen LogP contribution is 2.63. The highest BCUT2D eigenvalue weighted by atomic mass is 16.3. The van der Waals surface area contributed by atoms with Gasteiger partial charge in [-0.2, -0.15) is 0 Å². The van der Waals surface area contributed by atoms with Crippen LogP contribution in [0.3, 0.4) is 0 Å². The van der Waals surface area contributed by atoms with Crippen molar-refractivity contribution in [2.24, 2.45) is 35.0 Å². The van der Waals surface area contributed by atoms with E-state index >= 15 is 0 Å². The fraction of sp³-hybridized carbons (Fsp3) is 0.850. The van der Waals surface area contributed by atoms with Crippen molar-refractivity contribution in [3.8, 4) is 0 Å². The summed E-state index contributed by atoms with van der Waals surface area (Å²) in [6.07, 6.45) is 6.93. The van der Waals surface area contributed by atoms with Crippen LogP contribution >= 0.6 is 0 Å². The molecule has 0 aromatic rings. The zero-order chi connectivity index (χ0) is 15.6. The molecule has 4 unspecified atom stereocenters. The maximum Gasteiger partial charge on any atom is 0.137 e. The van der Waals surface area contributed by atoms with Crippen LogP contribution in [-0.4, -0.2) is 17.0 Å². The molecule has 4 aliphatic rings. The summed E-state index contributed by atoms with van der Waals surface area (Å²) in [6.45, 7) is 7.16. The number of rotatable bonds is 0. The lowest BCUT2D eigenvalue weighted by Crippen LogP contribution is -2.51. The van der Waals surface area contributed by atoms with E-state index in [9.17, 15) is 9.90 Å². The van der Waals surface area contributed by atoms with Crippen LogP contribution in [0.2, 0.25) is 0 Å². The lowest BCUT2D eigenvalue weighted by molar-refractivity contribution is -0.119. The Kier molecular flexibility index (Phi) is 3.35. The molecular formula is C20H30O2. The van der Waals surface area contributed by atoms with Gasteiger partial charge < -0.3 is 5.11 Å². The number of hydrogen-bond acceptors (Lipinski definition) is 2. The molecule has 2 nitrogen and oxygen atoms in total. The van der Waals surface area contributed by atoms with E-state index in [-0.39, 0.29) is 11.5 Å². The minimum atomic E-state index is -0.101. The molecule has 0 aromatic heterocycles. The first-order valence-electron chi connectivity index (χ1n) is 9.32. The van der Waals surface area contributed by atoms with Gasteiger partial charge in [0, 0.05) is 12.8 Å². The highest BCUT2D eigenvalue weighted by Gasteiger charge is 2.58. The summed E-state index contributed by atoms with van der Waals surface area (Å²) in [7, 11) is 0. The van der Waals surface area contributed by atoms with E-state index in [1.54, 1.807) is 5.57 Å². The quantitative estimate of drug-likeness (QED) is 0.683. The van der Waals surface area contributed by atoms with Gasteiger partial charge in [0.05, 0.1) is 6.10 Å². The van der Waals surface area contributed by atoms with E-state index in [0.717, 1.165) is 44.4 Å².